The molecule has 0 aliphatic carbocycles. The molecule has 1 N–H and O–H groups in total. The number of anilines is 1. The molecule has 1 aromatic carbocycles. The molecule has 1 aliphatic heterocycles. The molecule has 1 heterocycles. The van der Waals surface area contributed by atoms with Crippen LogP contribution in [0.15, 0.2) is 29.2 Å². The van der Waals surface area contributed by atoms with Crippen molar-refractivity contribution in [2.45, 2.75) is 31.6 Å². The molecule has 0 saturated carbocycles. The second-order valence-electron chi connectivity index (χ2n) is 5.74. The van der Waals surface area contributed by atoms with Gasteiger partial charge in [0.15, 0.2) is 0 Å². The van der Waals surface area contributed by atoms with Crippen molar-refractivity contribution < 1.29 is 17.9 Å². The lowest BCUT2D eigenvalue weighted by atomic mass is 10.0. The molecule has 1 aliphatic rings. The van der Waals surface area contributed by atoms with Gasteiger partial charge in [-0.1, -0.05) is 0 Å². The maximum absolute atomic E-state index is 12.7. The number of piperidine rings is 1. The topological polar surface area (TPSA) is 75.7 Å². The van der Waals surface area contributed by atoms with E-state index in [0.717, 1.165) is 12.8 Å². The van der Waals surface area contributed by atoms with Gasteiger partial charge >= 0.3 is 0 Å². The van der Waals surface area contributed by atoms with E-state index in [0.29, 0.717) is 32.0 Å². The van der Waals surface area contributed by atoms with Crippen LogP contribution >= 0.6 is 0 Å². The van der Waals surface area contributed by atoms with E-state index >= 15 is 0 Å². The fourth-order valence-corrected chi connectivity index (χ4v) is 4.28. The van der Waals surface area contributed by atoms with E-state index in [2.05, 4.69) is 5.32 Å². The Hall–Kier alpha value is -1.44. The zero-order valence-corrected chi connectivity index (χ0v) is 14.4. The summed E-state index contributed by atoms with van der Waals surface area (Å²) in [6.45, 7) is 5.64. The van der Waals surface area contributed by atoms with Gasteiger partial charge in [-0.3, -0.25) is 4.79 Å². The van der Waals surface area contributed by atoms with Crippen LogP contribution in [0.3, 0.4) is 0 Å². The highest BCUT2D eigenvalue weighted by Crippen LogP contribution is 2.24. The molecule has 2 rings (SSSR count). The summed E-state index contributed by atoms with van der Waals surface area (Å²) in [6, 6.07) is 6.28. The number of sulfonamides is 1. The van der Waals surface area contributed by atoms with E-state index in [4.69, 9.17) is 4.74 Å². The maximum Gasteiger partial charge on any atom is 0.243 e. The summed E-state index contributed by atoms with van der Waals surface area (Å²) in [5.74, 6) is 0.0625. The van der Waals surface area contributed by atoms with Gasteiger partial charge in [-0.25, -0.2) is 8.42 Å². The molecule has 0 bridgehead atoms. The quantitative estimate of drug-likeness (QED) is 0.860. The highest BCUT2D eigenvalue weighted by Gasteiger charge is 2.30. The minimum atomic E-state index is -3.50. The molecule has 1 amide bonds. The zero-order valence-electron chi connectivity index (χ0n) is 13.6. The molecule has 1 fully saturated rings. The largest absolute Gasteiger partial charge is 0.381 e. The van der Waals surface area contributed by atoms with Crippen LogP contribution in [0.1, 0.15) is 26.7 Å². The lowest BCUT2D eigenvalue weighted by Crippen LogP contribution is -2.41. The SMILES string of the molecule is CCOCC1CCCN(S(=O)(=O)c2ccc(NC(C)=O)cc2)C1. The van der Waals surface area contributed by atoms with Gasteiger partial charge in [0.2, 0.25) is 15.9 Å². The van der Waals surface area contributed by atoms with Crippen molar-refractivity contribution >= 4 is 21.6 Å². The summed E-state index contributed by atoms with van der Waals surface area (Å²) in [4.78, 5) is 11.3. The van der Waals surface area contributed by atoms with Crippen LogP contribution in [0.5, 0.6) is 0 Å². The molecule has 1 unspecified atom stereocenters. The minimum Gasteiger partial charge on any atom is -0.381 e. The number of hydrogen-bond acceptors (Lipinski definition) is 4. The fourth-order valence-electron chi connectivity index (χ4n) is 2.73. The average Bonchev–Trinajstić information content (AvgIpc) is 2.53. The first-order valence-corrected chi connectivity index (χ1v) is 9.33. The van der Waals surface area contributed by atoms with Gasteiger partial charge in [0.05, 0.1) is 11.5 Å². The first-order valence-electron chi connectivity index (χ1n) is 7.89. The van der Waals surface area contributed by atoms with Gasteiger partial charge in [-0.2, -0.15) is 4.31 Å². The molecule has 7 heteroatoms. The molecule has 128 valence electrons. The third-order valence-corrected chi connectivity index (χ3v) is 5.73. The number of benzene rings is 1. The smallest absolute Gasteiger partial charge is 0.243 e. The zero-order chi connectivity index (χ0) is 16.9. The van der Waals surface area contributed by atoms with E-state index in [1.54, 1.807) is 12.1 Å². The predicted molar refractivity (Wildman–Crippen MR) is 88.7 cm³/mol. The van der Waals surface area contributed by atoms with Crippen molar-refractivity contribution in [1.29, 1.82) is 0 Å². The van der Waals surface area contributed by atoms with Gasteiger partial charge in [0.1, 0.15) is 0 Å². The molecule has 6 nitrogen and oxygen atoms in total. The predicted octanol–water partition coefficient (Wildman–Crippen LogP) is 2.08. The summed E-state index contributed by atoms with van der Waals surface area (Å²) in [5.41, 5.74) is 0.587. The first-order chi connectivity index (χ1) is 10.9. The van der Waals surface area contributed by atoms with Crippen LogP contribution in [0.2, 0.25) is 0 Å². The molecule has 1 aromatic rings. The van der Waals surface area contributed by atoms with Crippen molar-refractivity contribution in [1.82, 2.24) is 4.31 Å². The third-order valence-electron chi connectivity index (χ3n) is 3.85. The summed E-state index contributed by atoms with van der Waals surface area (Å²) in [5, 5.41) is 2.63. The molecular weight excluding hydrogens is 316 g/mol. The van der Waals surface area contributed by atoms with Gasteiger partial charge < -0.3 is 10.1 Å². The number of rotatable bonds is 6. The Balaban J connectivity index is 2.09. The third kappa shape index (κ3) is 4.76. The lowest BCUT2D eigenvalue weighted by molar-refractivity contribution is -0.114. The number of hydrogen-bond donors (Lipinski definition) is 1. The summed E-state index contributed by atoms with van der Waals surface area (Å²) in [6.07, 6.45) is 1.84. The van der Waals surface area contributed by atoms with Gasteiger partial charge in [0.25, 0.3) is 0 Å². The number of amides is 1. The van der Waals surface area contributed by atoms with E-state index in [1.165, 1.54) is 23.4 Å². The Kier molecular flexibility index (Phi) is 6.15. The molecule has 23 heavy (non-hydrogen) atoms. The van der Waals surface area contributed by atoms with Crippen LogP contribution in [0.4, 0.5) is 5.69 Å². The van der Waals surface area contributed by atoms with Crippen LogP contribution in [0, 0.1) is 5.92 Å². The molecule has 1 saturated heterocycles. The van der Waals surface area contributed by atoms with Crippen molar-refractivity contribution in [2.75, 3.05) is 31.6 Å². The average molecular weight is 340 g/mol. The van der Waals surface area contributed by atoms with E-state index < -0.39 is 10.0 Å². The Morgan fingerprint density at radius 2 is 2.04 bits per heavy atom. The highest BCUT2D eigenvalue weighted by atomic mass is 32.2. The molecule has 1 atom stereocenters. The Bertz CT molecular complexity index is 628. The monoisotopic (exact) mass is 340 g/mol. The van der Waals surface area contributed by atoms with E-state index in [1.807, 2.05) is 6.92 Å². The fraction of sp³-hybridized carbons (Fsp3) is 0.562. The summed E-state index contributed by atoms with van der Waals surface area (Å²) in [7, 11) is -3.50. The van der Waals surface area contributed by atoms with Gasteiger partial charge in [-0.15, -0.1) is 0 Å². The second-order valence-corrected chi connectivity index (χ2v) is 7.67. The van der Waals surface area contributed by atoms with E-state index in [-0.39, 0.29) is 16.7 Å². The molecule has 0 aromatic heterocycles. The molecular formula is C16H24N2O4S. The number of carbonyl (C=O) groups is 1. The molecule has 0 radical (unpaired) electrons. The number of ether oxygens (including phenoxy) is 1. The van der Waals surface area contributed by atoms with Crippen LogP contribution < -0.4 is 5.32 Å². The van der Waals surface area contributed by atoms with Crippen molar-refractivity contribution in [3.63, 3.8) is 0 Å². The van der Waals surface area contributed by atoms with Crippen molar-refractivity contribution in [2.24, 2.45) is 5.92 Å². The summed E-state index contributed by atoms with van der Waals surface area (Å²) >= 11 is 0. The first kappa shape index (κ1) is 17.9. The second kappa shape index (κ2) is 7.90. The van der Waals surface area contributed by atoms with Crippen molar-refractivity contribution in [3.8, 4) is 0 Å². The number of nitrogens with one attached hydrogen (secondary N) is 1. The normalized spacial score (nSPS) is 19.5. The van der Waals surface area contributed by atoms with Gasteiger partial charge in [-0.05, 0) is 49.9 Å². The highest BCUT2D eigenvalue weighted by molar-refractivity contribution is 7.89. The minimum absolute atomic E-state index is 0.185. The Labute approximate surface area is 137 Å². The summed E-state index contributed by atoms with van der Waals surface area (Å²) < 4.78 is 32.4. The Morgan fingerprint density at radius 3 is 2.65 bits per heavy atom. The lowest BCUT2D eigenvalue weighted by Gasteiger charge is -2.31. The number of carbonyl (C=O) groups excluding carboxylic acids is 1. The molecule has 0 spiro atoms. The Morgan fingerprint density at radius 1 is 1.35 bits per heavy atom. The van der Waals surface area contributed by atoms with Crippen LogP contribution in [0.25, 0.3) is 0 Å². The maximum atomic E-state index is 12.7. The van der Waals surface area contributed by atoms with Crippen molar-refractivity contribution in [3.05, 3.63) is 24.3 Å². The standard InChI is InChI=1S/C16H24N2O4S/c1-3-22-12-14-5-4-10-18(11-14)23(20,21)16-8-6-15(7-9-16)17-13(2)19/h6-9,14H,3-5,10-12H2,1-2H3,(H,17,19). The van der Waals surface area contributed by atoms with Crippen LogP contribution in [-0.4, -0.2) is 44.9 Å². The van der Waals surface area contributed by atoms with Crippen LogP contribution in [-0.2, 0) is 19.6 Å². The van der Waals surface area contributed by atoms with E-state index in [9.17, 15) is 13.2 Å². The van der Waals surface area contributed by atoms with Gasteiger partial charge in [0, 0.05) is 32.3 Å². The number of nitrogens with zero attached hydrogens (tertiary/aromatic N) is 1.